The fourth-order valence-electron chi connectivity index (χ4n) is 4.18. The topological polar surface area (TPSA) is 78.0 Å². The maximum Gasteiger partial charge on any atom is 0.278 e. The van der Waals surface area contributed by atoms with Crippen LogP contribution in [0.4, 0.5) is 5.69 Å². The molecule has 0 spiro atoms. The summed E-state index contributed by atoms with van der Waals surface area (Å²) in [6.45, 7) is 1.27. The molecule has 0 aromatic heterocycles. The standard InChI is InChI=1S/C21H17N3O4/c25-18-13-7-2-3-8-14(13)19(26)23(18)16-10-6-9-15-17(16)21(28)24(20(15)27)22-11-4-1-5-12-22/h2-3,6-10H,1,4-5,11-12H2. The van der Waals surface area contributed by atoms with Gasteiger partial charge in [-0.25, -0.2) is 14.9 Å². The van der Waals surface area contributed by atoms with Crippen LogP contribution in [0, 0.1) is 0 Å². The summed E-state index contributed by atoms with van der Waals surface area (Å²) in [6.07, 6.45) is 2.90. The molecule has 0 unspecified atom stereocenters. The first-order valence-corrected chi connectivity index (χ1v) is 9.34. The molecule has 7 nitrogen and oxygen atoms in total. The number of hydrogen-bond donors (Lipinski definition) is 0. The molecule has 0 aliphatic carbocycles. The minimum Gasteiger partial charge on any atom is -0.268 e. The zero-order valence-corrected chi connectivity index (χ0v) is 15.1. The zero-order valence-electron chi connectivity index (χ0n) is 15.1. The Balaban J connectivity index is 1.59. The Kier molecular flexibility index (Phi) is 3.67. The van der Waals surface area contributed by atoms with Gasteiger partial charge in [-0.15, -0.1) is 0 Å². The molecule has 5 rings (SSSR count). The molecule has 1 saturated heterocycles. The summed E-state index contributed by atoms with van der Waals surface area (Å²) in [5.41, 5.74) is 1.11. The Hall–Kier alpha value is -3.32. The fraction of sp³-hybridized carbons (Fsp3) is 0.238. The van der Waals surface area contributed by atoms with E-state index in [9.17, 15) is 19.2 Å². The molecule has 3 aliphatic rings. The van der Waals surface area contributed by atoms with E-state index in [2.05, 4.69) is 0 Å². The van der Waals surface area contributed by atoms with Crippen LogP contribution in [0.2, 0.25) is 0 Å². The second-order valence-electron chi connectivity index (χ2n) is 7.13. The van der Waals surface area contributed by atoms with Gasteiger partial charge < -0.3 is 0 Å². The van der Waals surface area contributed by atoms with Crippen LogP contribution in [0.15, 0.2) is 42.5 Å². The van der Waals surface area contributed by atoms with Gasteiger partial charge in [0.25, 0.3) is 23.6 Å². The van der Waals surface area contributed by atoms with Crippen LogP contribution in [0.3, 0.4) is 0 Å². The SMILES string of the molecule is O=C1c2ccccc2C(=O)N1c1cccc2c1C(=O)N(N1CCCCC1)C2=O. The zero-order chi connectivity index (χ0) is 19.4. The summed E-state index contributed by atoms with van der Waals surface area (Å²) in [6, 6.07) is 11.3. The minimum absolute atomic E-state index is 0.118. The number of imide groups is 2. The molecule has 2 aromatic rings. The third-order valence-corrected chi connectivity index (χ3v) is 5.52. The molecule has 0 atom stereocenters. The van der Waals surface area contributed by atoms with Crippen molar-refractivity contribution in [1.29, 1.82) is 0 Å². The second kappa shape index (κ2) is 6.10. The summed E-state index contributed by atoms with van der Waals surface area (Å²) in [4.78, 5) is 52.8. The summed E-state index contributed by atoms with van der Waals surface area (Å²) < 4.78 is 0. The van der Waals surface area contributed by atoms with E-state index >= 15 is 0 Å². The van der Waals surface area contributed by atoms with Gasteiger partial charge in [-0.1, -0.05) is 24.6 Å². The molecule has 2 aromatic carbocycles. The molecule has 140 valence electrons. The van der Waals surface area contributed by atoms with Crippen molar-refractivity contribution in [2.75, 3.05) is 18.0 Å². The lowest BCUT2D eigenvalue weighted by atomic mass is 10.1. The molecule has 0 radical (unpaired) electrons. The van der Waals surface area contributed by atoms with Gasteiger partial charge in [-0.3, -0.25) is 19.2 Å². The predicted molar refractivity (Wildman–Crippen MR) is 99.9 cm³/mol. The first-order chi connectivity index (χ1) is 13.6. The van der Waals surface area contributed by atoms with Crippen LogP contribution in [0.5, 0.6) is 0 Å². The Morgan fingerprint density at radius 3 is 1.86 bits per heavy atom. The highest BCUT2D eigenvalue weighted by Crippen LogP contribution is 2.37. The molecule has 3 heterocycles. The second-order valence-corrected chi connectivity index (χ2v) is 7.13. The summed E-state index contributed by atoms with van der Waals surface area (Å²) in [7, 11) is 0. The van der Waals surface area contributed by atoms with E-state index in [1.807, 2.05) is 0 Å². The van der Waals surface area contributed by atoms with Gasteiger partial charge in [-0.2, -0.15) is 0 Å². The van der Waals surface area contributed by atoms with Gasteiger partial charge >= 0.3 is 0 Å². The maximum atomic E-state index is 13.2. The number of carbonyl (C=O) groups is 4. The number of hydrogen-bond acceptors (Lipinski definition) is 5. The number of fused-ring (bicyclic) bond motifs is 2. The number of piperidine rings is 1. The highest BCUT2D eigenvalue weighted by molar-refractivity contribution is 6.36. The van der Waals surface area contributed by atoms with Crippen LogP contribution in [-0.2, 0) is 0 Å². The third-order valence-electron chi connectivity index (χ3n) is 5.52. The van der Waals surface area contributed by atoms with E-state index in [1.165, 1.54) is 5.01 Å². The number of benzene rings is 2. The Morgan fingerprint density at radius 1 is 0.607 bits per heavy atom. The Bertz CT molecular complexity index is 1020. The number of rotatable bonds is 2. The third kappa shape index (κ3) is 2.20. The highest BCUT2D eigenvalue weighted by atomic mass is 16.2. The van der Waals surface area contributed by atoms with Crippen molar-refractivity contribution in [2.45, 2.75) is 19.3 Å². The van der Waals surface area contributed by atoms with Crippen molar-refractivity contribution in [2.24, 2.45) is 0 Å². The van der Waals surface area contributed by atoms with E-state index in [4.69, 9.17) is 0 Å². The van der Waals surface area contributed by atoms with Crippen molar-refractivity contribution >= 4 is 29.3 Å². The van der Waals surface area contributed by atoms with Crippen LogP contribution < -0.4 is 4.90 Å². The van der Waals surface area contributed by atoms with Crippen molar-refractivity contribution in [1.82, 2.24) is 10.0 Å². The monoisotopic (exact) mass is 375 g/mol. The van der Waals surface area contributed by atoms with E-state index in [0.717, 1.165) is 24.2 Å². The molecule has 3 aliphatic heterocycles. The predicted octanol–water partition coefficient (Wildman–Crippen LogP) is 2.48. The summed E-state index contributed by atoms with van der Waals surface area (Å²) in [5.74, 6) is -1.84. The Morgan fingerprint density at radius 2 is 1.21 bits per heavy atom. The first-order valence-electron chi connectivity index (χ1n) is 9.34. The number of anilines is 1. The molecular weight excluding hydrogens is 358 g/mol. The van der Waals surface area contributed by atoms with Gasteiger partial charge in [-0.05, 0) is 37.1 Å². The molecule has 1 fully saturated rings. The van der Waals surface area contributed by atoms with Crippen LogP contribution in [-0.4, -0.2) is 46.7 Å². The lowest BCUT2D eigenvalue weighted by Gasteiger charge is -2.32. The van der Waals surface area contributed by atoms with Crippen LogP contribution in [0.1, 0.15) is 60.7 Å². The van der Waals surface area contributed by atoms with Crippen molar-refractivity contribution in [3.8, 4) is 0 Å². The lowest BCUT2D eigenvalue weighted by Crippen LogP contribution is -2.48. The maximum absolute atomic E-state index is 13.2. The molecule has 7 heteroatoms. The average Bonchev–Trinajstić information content (AvgIpc) is 3.14. The fourth-order valence-corrected chi connectivity index (χ4v) is 4.18. The molecule has 0 saturated carbocycles. The van der Waals surface area contributed by atoms with E-state index in [0.29, 0.717) is 24.2 Å². The van der Waals surface area contributed by atoms with Gasteiger partial charge in [0.15, 0.2) is 0 Å². The Labute approximate surface area is 161 Å². The molecule has 0 bridgehead atoms. The van der Waals surface area contributed by atoms with Crippen molar-refractivity contribution in [3.63, 3.8) is 0 Å². The molecule has 28 heavy (non-hydrogen) atoms. The number of amides is 4. The average molecular weight is 375 g/mol. The van der Waals surface area contributed by atoms with E-state index in [1.54, 1.807) is 47.5 Å². The highest BCUT2D eigenvalue weighted by Gasteiger charge is 2.45. The number of nitrogens with zero attached hydrogens (tertiary/aromatic N) is 3. The van der Waals surface area contributed by atoms with E-state index in [-0.39, 0.29) is 16.8 Å². The van der Waals surface area contributed by atoms with Gasteiger partial charge in [0, 0.05) is 13.1 Å². The van der Waals surface area contributed by atoms with Crippen LogP contribution >= 0.6 is 0 Å². The largest absolute Gasteiger partial charge is 0.278 e. The van der Waals surface area contributed by atoms with Crippen molar-refractivity contribution in [3.05, 3.63) is 64.7 Å². The van der Waals surface area contributed by atoms with Gasteiger partial charge in [0.05, 0.1) is 27.9 Å². The lowest BCUT2D eigenvalue weighted by molar-refractivity contribution is -0.00679. The van der Waals surface area contributed by atoms with Gasteiger partial charge in [0.2, 0.25) is 0 Å². The molecular formula is C21H17N3O4. The van der Waals surface area contributed by atoms with E-state index < -0.39 is 23.6 Å². The minimum atomic E-state index is -0.481. The summed E-state index contributed by atoms with van der Waals surface area (Å²) in [5, 5.41) is 2.94. The van der Waals surface area contributed by atoms with Crippen molar-refractivity contribution < 1.29 is 19.2 Å². The number of hydrazine groups is 1. The normalized spacial score (nSPS) is 19.4. The first kappa shape index (κ1) is 16.8. The summed E-state index contributed by atoms with van der Waals surface area (Å²) >= 11 is 0. The van der Waals surface area contributed by atoms with Gasteiger partial charge in [0.1, 0.15) is 0 Å². The molecule has 4 amide bonds. The van der Waals surface area contributed by atoms with Crippen LogP contribution in [0.25, 0.3) is 0 Å². The number of carbonyl (C=O) groups excluding carboxylic acids is 4. The smallest absolute Gasteiger partial charge is 0.268 e. The quantitative estimate of drug-likeness (QED) is 0.754. The molecule has 0 N–H and O–H groups in total.